The molecule has 0 atom stereocenters. The topological polar surface area (TPSA) is 63.9 Å². The smallest absolute Gasteiger partial charge is 0.237 e. The van der Waals surface area contributed by atoms with Gasteiger partial charge in [0.1, 0.15) is 11.4 Å². The first-order valence-electron chi connectivity index (χ1n) is 9.67. The number of benzene rings is 2. The summed E-state index contributed by atoms with van der Waals surface area (Å²) < 4.78 is 1.70. The fourth-order valence-electron chi connectivity index (χ4n) is 3.74. The molecule has 1 aliphatic heterocycles. The molecule has 1 aliphatic rings. The van der Waals surface area contributed by atoms with E-state index in [0.717, 1.165) is 41.2 Å². The number of thioether (sulfide) groups is 1. The second-order valence-electron chi connectivity index (χ2n) is 6.99. The fourth-order valence-corrected chi connectivity index (χ4v) is 4.79. The molecule has 0 saturated carbocycles. The van der Waals surface area contributed by atoms with Gasteiger partial charge in [-0.3, -0.25) is 4.79 Å². The van der Waals surface area contributed by atoms with Gasteiger partial charge in [0.2, 0.25) is 5.91 Å². The van der Waals surface area contributed by atoms with E-state index in [9.17, 15) is 4.79 Å². The van der Waals surface area contributed by atoms with Gasteiger partial charge in [-0.25, -0.2) is 14.6 Å². The van der Waals surface area contributed by atoms with Gasteiger partial charge in [0.15, 0.2) is 5.65 Å². The fraction of sp³-hybridized carbons (Fsp3) is 0.182. The Balaban J connectivity index is 1.39. The van der Waals surface area contributed by atoms with E-state index in [1.165, 1.54) is 23.7 Å². The van der Waals surface area contributed by atoms with E-state index in [0.29, 0.717) is 16.4 Å². The van der Waals surface area contributed by atoms with Crippen molar-refractivity contribution in [2.24, 2.45) is 0 Å². The first-order valence-corrected chi connectivity index (χ1v) is 11.0. The number of aromatic nitrogens is 4. The summed E-state index contributed by atoms with van der Waals surface area (Å²) in [6.07, 6.45) is 5.22. The van der Waals surface area contributed by atoms with E-state index in [2.05, 4.69) is 21.1 Å². The molecule has 4 aromatic rings. The lowest BCUT2D eigenvalue weighted by molar-refractivity contribution is -0.116. The number of para-hydroxylation sites is 2. The van der Waals surface area contributed by atoms with Crippen LogP contribution in [0.2, 0.25) is 5.02 Å². The van der Waals surface area contributed by atoms with Gasteiger partial charge in [-0.05, 0) is 36.6 Å². The Morgan fingerprint density at radius 1 is 1.07 bits per heavy atom. The average Bonchev–Trinajstić information content (AvgIpc) is 3.22. The summed E-state index contributed by atoms with van der Waals surface area (Å²) >= 11 is 7.74. The molecule has 0 N–H and O–H groups in total. The summed E-state index contributed by atoms with van der Waals surface area (Å²) in [6.45, 7) is 0.750. The van der Waals surface area contributed by atoms with Crippen molar-refractivity contribution in [3.63, 3.8) is 0 Å². The SMILES string of the molecule is O=C(CSc1ncnc2c1cnn2-c1ccccc1Cl)N1CCCc2ccccc21. The highest BCUT2D eigenvalue weighted by atomic mass is 35.5. The zero-order valence-corrected chi connectivity index (χ0v) is 17.6. The van der Waals surface area contributed by atoms with Crippen LogP contribution in [0.5, 0.6) is 0 Å². The number of aryl methyl sites for hydroxylation is 1. The molecule has 0 radical (unpaired) electrons. The van der Waals surface area contributed by atoms with Gasteiger partial charge in [-0.15, -0.1) is 0 Å². The Kier molecular flexibility index (Phi) is 5.14. The third-order valence-electron chi connectivity index (χ3n) is 5.15. The van der Waals surface area contributed by atoms with E-state index in [1.54, 1.807) is 10.9 Å². The van der Waals surface area contributed by atoms with Crippen LogP contribution in [-0.2, 0) is 11.2 Å². The van der Waals surface area contributed by atoms with Crippen molar-refractivity contribution in [3.05, 3.63) is 71.6 Å². The van der Waals surface area contributed by atoms with E-state index in [-0.39, 0.29) is 5.91 Å². The summed E-state index contributed by atoms with van der Waals surface area (Å²) in [7, 11) is 0. The normalized spacial score (nSPS) is 13.4. The lowest BCUT2D eigenvalue weighted by Gasteiger charge is -2.29. The number of carbonyl (C=O) groups is 1. The number of rotatable bonds is 4. The van der Waals surface area contributed by atoms with Crippen LogP contribution in [-0.4, -0.2) is 38.0 Å². The molecule has 30 heavy (non-hydrogen) atoms. The number of hydrogen-bond donors (Lipinski definition) is 0. The van der Waals surface area contributed by atoms with Crippen LogP contribution in [0.3, 0.4) is 0 Å². The third-order valence-corrected chi connectivity index (χ3v) is 6.46. The van der Waals surface area contributed by atoms with Crippen molar-refractivity contribution >= 4 is 46.0 Å². The number of carbonyl (C=O) groups excluding carboxylic acids is 1. The van der Waals surface area contributed by atoms with Crippen molar-refractivity contribution in [2.75, 3.05) is 17.2 Å². The number of nitrogens with zero attached hydrogens (tertiary/aromatic N) is 5. The van der Waals surface area contributed by atoms with E-state index < -0.39 is 0 Å². The highest BCUT2D eigenvalue weighted by Crippen LogP contribution is 2.30. The molecule has 0 bridgehead atoms. The molecular weight excluding hydrogens is 418 g/mol. The van der Waals surface area contributed by atoms with E-state index in [1.807, 2.05) is 47.4 Å². The van der Waals surface area contributed by atoms with Gasteiger partial charge < -0.3 is 4.90 Å². The van der Waals surface area contributed by atoms with E-state index >= 15 is 0 Å². The molecule has 5 rings (SSSR count). The minimum Gasteiger partial charge on any atom is -0.311 e. The number of halogens is 1. The lowest BCUT2D eigenvalue weighted by Crippen LogP contribution is -2.36. The standard InChI is InChI=1S/C22H18ClN5OS/c23-17-8-2-4-10-19(17)28-21-16(12-26-28)22(25-14-24-21)30-13-20(29)27-11-5-7-15-6-1-3-9-18(15)27/h1-4,6,8-10,12,14H,5,7,11,13H2. The van der Waals surface area contributed by atoms with Gasteiger partial charge in [-0.1, -0.05) is 53.7 Å². The molecular formula is C22H18ClN5OS. The largest absolute Gasteiger partial charge is 0.311 e. The Hall–Kier alpha value is -2.90. The third kappa shape index (κ3) is 3.44. The molecule has 1 amide bonds. The van der Waals surface area contributed by atoms with Crippen molar-refractivity contribution in [1.82, 2.24) is 19.7 Å². The summed E-state index contributed by atoms with van der Waals surface area (Å²) in [4.78, 5) is 23.6. The molecule has 0 unspecified atom stereocenters. The summed E-state index contributed by atoms with van der Waals surface area (Å²) in [5.74, 6) is 0.384. The first-order chi connectivity index (χ1) is 14.7. The van der Waals surface area contributed by atoms with Crippen molar-refractivity contribution in [3.8, 4) is 5.69 Å². The molecule has 150 valence electrons. The van der Waals surface area contributed by atoms with Gasteiger partial charge in [0.25, 0.3) is 0 Å². The zero-order chi connectivity index (χ0) is 20.5. The van der Waals surface area contributed by atoms with Gasteiger partial charge in [-0.2, -0.15) is 5.10 Å². The van der Waals surface area contributed by atoms with Crippen LogP contribution < -0.4 is 4.90 Å². The molecule has 0 aliphatic carbocycles. The summed E-state index contributed by atoms with van der Waals surface area (Å²) in [6, 6.07) is 15.6. The second-order valence-corrected chi connectivity index (χ2v) is 8.36. The minimum atomic E-state index is 0.0809. The highest BCUT2D eigenvalue weighted by molar-refractivity contribution is 8.00. The molecule has 0 saturated heterocycles. The van der Waals surface area contributed by atoms with Gasteiger partial charge in [0, 0.05) is 12.2 Å². The monoisotopic (exact) mass is 435 g/mol. The van der Waals surface area contributed by atoms with Crippen LogP contribution in [0.25, 0.3) is 16.7 Å². The quantitative estimate of drug-likeness (QED) is 0.348. The molecule has 0 spiro atoms. The minimum absolute atomic E-state index is 0.0809. The highest BCUT2D eigenvalue weighted by Gasteiger charge is 2.23. The summed E-state index contributed by atoms with van der Waals surface area (Å²) in [5, 5.41) is 6.58. The lowest BCUT2D eigenvalue weighted by atomic mass is 10.0. The average molecular weight is 436 g/mol. The maximum Gasteiger partial charge on any atom is 0.237 e. The number of anilines is 1. The summed E-state index contributed by atoms with van der Waals surface area (Å²) in [5.41, 5.74) is 3.67. The Bertz CT molecular complexity index is 1240. The van der Waals surface area contributed by atoms with Crippen molar-refractivity contribution in [2.45, 2.75) is 17.9 Å². The van der Waals surface area contributed by atoms with Crippen LogP contribution >= 0.6 is 23.4 Å². The van der Waals surface area contributed by atoms with Crippen LogP contribution in [0, 0.1) is 0 Å². The predicted octanol–water partition coefficient (Wildman–Crippen LogP) is 4.54. The number of amides is 1. The molecule has 0 fully saturated rings. The molecule has 3 heterocycles. The van der Waals surface area contributed by atoms with Crippen LogP contribution in [0.4, 0.5) is 5.69 Å². The van der Waals surface area contributed by atoms with Crippen molar-refractivity contribution < 1.29 is 4.79 Å². The zero-order valence-electron chi connectivity index (χ0n) is 16.0. The maximum atomic E-state index is 13.0. The number of hydrogen-bond acceptors (Lipinski definition) is 5. The van der Waals surface area contributed by atoms with E-state index in [4.69, 9.17) is 11.6 Å². The Morgan fingerprint density at radius 3 is 2.73 bits per heavy atom. The van der Waals surface area contributed by atoms with Gasteiger partial charge in [0.05, 0.1) is 28.0 Å². The Morgan fingerprint density at radius 2 is 1.87 bits per heavy atom. The second kappa shape index (κ2) is 8.08. The molecule has 2 aromatic carbocycles. The maximum absolute atomic E-state index is 13.0. The molecule has 6 nitrogen and oxygen atoms in total. The van der Waals surface area contributed by atoms with Crippen LogP contribution in [0.15, 0.2) is 66.1 Å². The Labute approximate surface area is 182 Å². The molecule has 8 heteroatoms. The van der Waals surface area contributed by atoms with Crippen molar-refractivity contribution in [1.29, 1.82) is 0 Å². The predicted molar refractivity (Wildman–Crippen MR) is 120 cm³/mol. The van der Waals surface area contributed by atoms with Gasteiger partial charge >= 0.3 is 0 Å². The number of fused-ring (bicyclic) bond motifs is 2. The van der Waals surface area contributed by atoms with Crippen LogP contribution in [0.1, 0.15) is 12.0 Å². The first kappa shape index (κ1) is 19.1. The molecule has 2 aromatic heterocycles.